The Hall–Kier alpha value is 0.400. The van der Waals surface area contributed by atoms with Crippen LogP contribution in [0.3, 0.4) is 0 Å². The summed E-state index contributed by atoms with van der Waals surface area (Å²) >= 11 is 0. The predicted octanol–water partition coefficient (Wildman–Crippen LogP) is -1.61. The van der Waals surface area contributed by atoms with Crippen molar-refractivity contribution in [2.75, 3.05) is 33.3 Å². The van der Waals surface area contributed by atoms with Crippen LogP contribution in [0.4, 0.5) is 0 Å². The summed E-state index contributed by atoms with van der Waals surface area (Å²) in [5, 5.41) is 8.93. The third-order valence-electron chi connectivity index (χ3n) is 3.04. The number of likely N-dealkylation sites (N-methyl/N-ethyl adjacent to an activating group) is 1. The molecular formula is C10H22BrNO. The highest BCUT2D eigenvalue weighted by atomic mass is 79.9. The van der Waals surface area contributed by atoms with Crippen LogP contribution in [0.5, 0.6) is 0 Å². The third kappa shape index (κ3) is 4.99. The summed E-state index contributed by atoms with van der Waals surface area (Å²) in [5.41, 5.74) is 0. The smallest absolute Gasteiger partial charge is 0.102 e. The van der Waals surface area contributed by atoms with Crippen LogP contribution < -0.4 is 17.0 Å². The summed E-state index contributed by atoms with van der Waals surface area (Å²) in [4.78, 5) is 0. The van der Waals surface area contributed by atoms with E-state index in [4.69, 9.17) is 5.11 Å². The molecule has 1 saturated heterocycles. The molecule has 1 aliphatic heterocycles. The Morgan fingerprint density at radius 1 is 1.00 bits per heavy atom. The zero-order valence-electron chi connectivity index (χ0n) is 8.64. The second-order valence-electron chi connectivity index (χ2n) is 4.28. The average Bonchev–Trinajstić information content (AvgIpc) is 1.99. The van der Waals surface area contributed by atoms with Crippen molar-refractivity contribution in [3.05, 3.63) is 0 Å². The lowest BCUT2D eigenvalue weighted by molar-refractivity contribution is -0.910. The van der Waals surface area contributed by atoms with E-state index in [0.717, 1.165) is 11.0 Å². The molecule has 1 fully saturated rings. The lowest BCUT2D eigenvalue weighted by Gasteiger charge is -2.35. The minimum atomic E-state index is 0. The molecule has 0 aromatic carbocycles. The second-order valence-corrected chi connectivity index (χ2v) is 4.28. The number of halogens is 1. The van der Waals surface area contributed by atoms with Gasteiger partial charge in [-0.05, 0) is 25.7 Å². The lowest BCUT2D eigenvalue weighted by atomic mass is 10.1. The van der Waals surface area contributed by atoms with Gasteiger partial charge in [0.2, 0.25) is 0 Å². The SMILES string of the molecule is C[N+]1(CCO)CCCCCCC1.[Br-]. The fraction of sp³-hybridized carbons (Fsp3) is 1.00. The number of hydrogen-bond donors (Lipinski definition) is 1. The monoisotopic (exact) mass is 251 g/mol. The summed E-state index contributed by atoms with van der Waals surface area (Å²) in [7, 11) is 2.28. The van der Waals surface area contributed by atoms with Crippen LogP contribution in [0, 0.1) is 0 Å². The molecule has 0 bridgehead atoms. The van der Waals surface area contributed by atoms with E-state index < -0.39 is 0 Å². The van der Waals surface area contributed by atoms with Crippen molar-refractivity contribution in [2.24, 2.45) is 0 Å². The third-order valence-corrected chi connectivity index (χ3v) is 3.04. The molecule has 2 nitrogen and oxygen atoms in total. The second kappa shape index (κ2) is 6.80. The molecule has 0 aromatic heterocycles. The van der Waals surface area contributed by atoms with Crippen LogP contribution in [-0.4, -0.2) is 42.9 Å². The molecule has 1 heterocycles. The molecule has 0 aliphatic carbocycles. The first-order chi connectivity index (χ1) is 5.77. The normalized spacial score (nSPS) is 22.6. The molecule has 1 rings (SSSR count). The van der Waals surface area contributed by atoms with E-state index in [1.165, 1.54) is 45.2 Å². The zero-order chi connectivity index (χ0) is 8.86. The van der Waals surface area contributed by atoms with Crippen molar-refractivity contribution in [2.45, 2.75) is 32.1 Å². The van der Waals surface area contributed by atoms with Gasteiger partial charge in [0.1, 0.15) is 6.54 Å². The van der Waals surface area contributed by atoms with E-state index in [9.17, 15) is 0 Å². The Balaban J connectivity index is 0.00000144. The molecule has 0 saturated carbocycles. The van der Waals surface area contributed by atoms with Crippen LogP contribution in [0.1, 0.15) is 32.1 Å². The van der Waals surface area contributed by atoms with E-state index in [0.29, 0.717) is 6.61 Å². The fourth-order valence-electron chi connectivity index (χ4n) is 2.09. The standard InChI is InChI=1S/C10H22NO.BrH/c1-11(9-10-12)7-5-3-2-4-6-8-11;/h12H,2-10H2,1H3;1H/q+1;/p-1. The number of quaternary nitrogens is 1. The Bertz CT molecular complexity index is 122. The highest BCUT2D eigenvalue weighted by Gasteiger charge is 2.20. The van der Waals surface area contributed by atoms with Crippen molar-refractivity contribution < 1.29 is 26.6 Å². The Morgan fingerprint density at radius 3 is 1.92 bits per heavy atom. The van der Waals surface area contributed by atoms with E-state index in [-0.39, 0.29) is 17.0 Å². The predicted molar refractivity (Wildman–Crippen MR) is 51.0 cm³/mol. The molecule has 0 unspecified atom stereocenters. The summed E-state index contributed by atoms with van der Waals surface area (Å²) in [6, 6.07) is 0. The van der Waals surface area contributed by atoms with Gasteiger partial charge in [-0.15, -0.1) is 0 Å². The Labute approximate surface area is 92.3 Å². The van der Waals surface area contributed by atoms with Gasteiger partial charge in [0.25, 0.3) is 0 Å². The molecular weight excluding hydrogens is 230 g/mol. The van der Waals surface area contributed by atoms with Gasteiger partial charge in [0.15, 0.2) is 0 Å². The van der Waals surface area contributed by atoms with Crippen molar-refractivity contribution in [1.29, 1.82) is 0 Å². The molecule has 0 amide bonds. The number of rotatable bonds is 2. The van der Waals surface area contributed by atoms with E-state index >= 15 is 0 Å². The highest BCUT2D eigenvalue weighted by Crippen LogP contribution is 2.15. The maximum absolute atomic E-state index is 8.93. The van der Waals surface area contributed by atoms with Crippen LogP contribution >= 0.6 is 0 Å². The molecule has 1 aliphatic rings. The van der Waals surface area contributed by atoms with Gasteiger partial charge in [-0.25, -0.2) is 0 Å². The molecule has 1 N–H and O–H groups in total. The minimum absolute atomic E-state index is 0. The molecule has 0 radical (unpaired) electrons. The topological polar surface area (TPSA) is 20.2 Å². The highest BCUT2D eigenvalue weighted by molar-refractivity contribution is 4.51. The summed E-state index contributed by atoms with van der Waals surface area (Å²) < 4.78 is 1.09. The maximum Gasteiger partial charge on any atom is 0.102 e. The molecule has 0 atom stereocenters. The quantitative estimate of drug-likeness (QED) is 0.587. The number of nitrogens with zero attached hydrogens (tertiary/aromatic N) is 1. The van der Waals surface area contributed by atoms with Crippen molar-refractivity contribution in [3.63, 3.8) is 0 Å². The molecule has 80 valence electrons. The Morgan fingerprint density at radius 2 is 1.46 bits per heavy atom. The summed E-state index contributed by atoms with van der Waals surface area (Å²) in [6.07, 6.45) is 6.88. The first-order valence-corrected chi connectivity index (χ1v) is 5.21. The van der Waals surface area contributed by atoms with Gasteiger partial charge < -0.3 is 26.6 Å². The zero-order valence-corrected chi connectivity index (χ0v) is 10.2. The fourth-order valence-corrected chi connectivity index (χ4v) is 2.09. The number of hydrogen-bond acceptors (Lipinski definition) is 1. The molecule has 0 aromatic rings. The first-order valence-electron chi connectivity index (χ1n) is 5.21. The van der Waals surface area contributed by atoms with Gasteiger partial charge in [-0.2, -0.15) is 0 Å². The van der Waals surface area contributed by atoms with Gasteiger partial charge >= 0.3 is 0 Å². The van der Waals surface area contributed by atoms with Crippen molar-refractivity contribution >= 4 is 0 Å². The molecule has 0 spiro atoms. The van der Waals surface area contributed by atoms with Crippen molar-refractivity contribution in [3.8, 4) is 0 Å². The number of aliphatic hydroxyl groups is 1. The number of likely N-dealkylation sites (tertiary alicyclic amines) is 1. The first kappa shape index (κ1) is 13.4. The van der Waals surface area contributed by atoms with E-state index in [1.54, 1.807) is 0 Å². The van der Waals surface area contributed by atoms with Gasteiger partial charge in [0, 0.05) is 0 Å². The van der Waals surface area contributed by atoms with E-state index in [2.05, 4.69) is 7.05 Å². The minimum Gasteiger partial charge on any atom is -1.00 e. The number of aliphatic hydroxyl groups excluding tert-OH is 1. The van der Waals surface area contributed by atoms with Crippen LogP contribution in [0.25, 0.3) is 0 Å². The average molecular weight is 252 g/mol. The molecule has 3 heteroatoms. The maximum atomic E-state index is 8.93. The van der Waals surface area contributed by atoms with E-state index in [1.807, 2.05) is 0 Å². The van der Waals surface area contributed by atoms with Gasteiger partial charge in [0.05, 0.1) is 26.7 Å². The van der Waals surface area contributed by atoms with Crippen LogP contribution in [0.15, 0.2) is 0 Å². The van der Waals surface area contributed by atoms with Crippen molar-refractivity contribution in [1.82, 2.24) is 0 Å². The Kier molecular flexibility index (Phi) is 7.00. The summed E-state index contributed by atoms with van der Waals surface area (Å²) in [5.74, 6) is 0. The van der Waals surface area contributed by atoms with Gasteiger partial charge in [-0.1, -0.05) is 6.42 Å². The summed E-state index contributed by atoms with van der Waals surface area (Å²) in [6.45, 7) is 3.82. The molecule has 13 heavy (non-hydrogen) atoms. The van der Waals surface area contributed by atoms with Gasteiger partial charge in [-0.3, -0.25) is 0 Å². The lowest BCUT2D eigenvalue weighted by Crippen LogP contribution is -3.00. The van der Waals surface area contributed by atoms with Crippen LogP contribution in [0.2, 0.25) is 0 Å². The van der Waals surface area contributed by atoms with Crippen LogP contribution in [-0.2, 0) is 0 Å². The largest absolute Gasteiger partial charge is 1.00 e.